The molecule has 4 rings (SSSR count). The van der Waals surface area contributed by atoms with Crippen molar-refractivity contribution in [1.29, 1.82) is 0 Å². The van der Waals surface area contributed by atoms with E-state index in [1.165, 1.54) is 11.1 Å². The minimum atomic E-state index is -0.436. The highest BCUT2D eigenvalue weighted by Gasteiger charge is 2.43. The molecule has 0 unspecified atom stereocenters. The van der Waals surface area contributed by atoms with E-state index in [0.29, 0.717) is 12.4 Å². The number of pyridine rings is 1. The highest BCUT2D eigenvalue weighted by Crippen LogP contribution is 2.45. The summed E-state index contributed by atoms with van der Waals surface area (Å²) in [4.78, 5) is 21.1. The molecule has 116 valence electrons. The van der Waals surface area contributed by atoms with Gasteiger partial charge in [0.1, 0.15) is 0 Å². The number of hydrogen-bond acceptors (Lipinski definition) is 4. The number of aryl methyl sites for hydroxylation is 1. The first-order valence-corrected chi connectivity index (χ1v) is 7.81. The third-order valence-corrected chi connectivity index (χ3v) is 4.69. The first kappa shape index (κ1) is 13.9. The van der Waals surface area contributed by atoms with Gasteiger partial charge in [0, 0.05) is 19.4 Å². The summed E-state index contributed by atoms with van der Waals surface area (Å²) in [5.74, 6) is 0.574. The smallest absolute Gasteiger partial charge is 0.229 e. The van der Waals surface area contributed by atoms with Gasteiger partial charge < -0.3 is 5.32 Å². The van der Waals surface area contributed by atoms with E-state index in [9.17, 15) is 4.79 Å². The van der Waals surface area contributed by atoms with Gasteiger partial charge >= 0.3 is 0 Å². The summed E-state index contributed by atoms with van der Waals surface area (Å²) in [6, 6.07) is 10.4. The van der Waals surface area contributed by atoms with Crippen LogP contribution in [0.2, 0.25) is 0 Å². The number of nitrogens with zero attached hydrogens (tertiary/aromatic N) is 2. The van der Waals surface area contributed by atoms with Crippen LogP contribution in [-0.2, 0) is 16.8 Å². The molecule has 0 saturated heterocycles. The summed E-state index contributed by atoms with van der Waals surface area (Å²) in [6.07, 6.45) is 5.86. The number of benzene rings is 1. The predicted molar refractivity (Wildman–Crippen MR) is 88.9 cm³/mol. The second-order valence-electron chi connectivity index (χ2n) is 6.08. The fourth-order valence-electron chi connectivity index (χ4n) is 3.56. The maximum atomic E-state index is 12.1. The van der Waals surface area contributed by atoms with Gasteiger partial charge in [-0.25, -0.2) is 4.99 Å². The molecule has 0 bridgehead atoms. The first-order valence-electron chi connectivity index (χ1n) is 7.81. The molecule has 0 saturated carbocycles. The van der Waals surface area contributed by atoms with Gasteiger partial charge in [-0.05, 0) is 47.2 Å². The van der Waals surface area contributed by atoms with Gasteiger partial charge in [0.2, 0.25) is 5.91 Å². The third-order valence-electron chi connectivity index (χ3n) is 4.69. The van der Waals surface area contributed by atoms with Crippen LogP contribution in [0, 0.1) is 0 Å². The Kier molecular flexibility index (Phi) is 3.15. The molecule has 1 aromatic carbocycles. The highest BCUT2D eigenvalue weighted by molar-refractivity contribution is 6.00. The monoisotopic (exact) mass is 306 g/mol. The Labute approximate surface area is 134 Å². The van der Waals surface area contributed by atoms with Crippen molar-refractivity contribution in [1.82, 2.24) is 15.6 Å². The lowest BCUT2D eigenvalue weighted by Gasteiger charge is -2.31. The van der Waals surface area contributed by atoms with Crippen LogP contribution in [-0.4, -0.2) is 23.9 Å². The Balaban J connectivity index is 1.83. The number of fused-ring (bicyclic) bond motifs is 2. The van der Waals surface area contributed by atoms with Crippen molar-refractivity contribution in [3.63, 3.8) is 0 Å². The molecule has 2 heterocycles. The van der Waals surface area contributed by atoms with Gasteiger partial charge in [-0.3, -0.25) is 15.1 Å². The summed E-state index contributed by atoms with van der Waals surface area (Å²) in [5, 5.41) is 5.75. The molecule has 0 radical (unpaired) electrons. The van der Waals surface area contributed by atoms with Crippen LogP contribution in [0.25, 0.3) is 11.1 Å². The number of aromatic nitrogens is 1. The topological polar surface area (TPSA) is 66.4 Å². The summed E-state index contributed by atoms with van der Waals surface area (Å²) >= 11 is 0. The van der Waals surface area contributed by atoms with Crippen LogP contribution in [0.4, 0.5) is 0 Å². The van der Waals surface area contributed by atoms with Crippen LogP contribution < -0.4 is 10.6 Å². The van der Waals surface area contributed by atoms with E-state index < -0.39 is 5.54 Å². The van der Waals surface area contributed by atoms with Crippen LogP contribution in [0.15, 0.2) is 47.7 Å². The molecular weight excluding hydrogens is 288 g/mol. The van der Waals surface area contributed by atoms with E-state index in [4.69, 9.17) is 4.99 Å². The summed E-state index contributed by atoms with van der Waals surface area (Å²) < 4.78 is 0. The Morgan fingerprint density at radius 1 is 1.26 bits per heavy atom. The minimum Gasteiger partial charge on any atom is -0.359 e. The Morgan fingerprint density at radius 2 is 2.17 bits per heavy atom. The van der Waals surface area contributed by atoms with Crippen molar-refractivity contribution in [2.24, 2.45) is 4.99 Å². The Bertz CT molecular complexity index is 800. The maximum Gasteiger partial charge on any atom is 0.229 e. The van der Waals surface area contributed by atoms with E-state index in [0.717, 1.165) is 24.0 Å². The molecule has 1 amide bonds. The van der Waals surface area contributed by atoms with E-state index in [2.05, 4.69) is 33.8 Å². The van der Waals surface area contributed by atoms with Gasteiger partial charge in [0.25, 0.3) is 0 Å². The predicted octanol–water partition coefficient (Wildman–Crippen LogP) is 1.99. The Hall–Kier alpha value is -2.69. The van der Waals surface area contributed by atoms with Crippen molar-refractivity contribution in [3.8, 4) is 11.1 Å². The number of hydrogen-bond donors (Lipinski definition) is 2. The molecule has 1 aliphatic carbocycles. The molecular formula is C18H18N4O. The van der Waals surface area contributed by atoms with E-state index in [1.54, 1.807) is 13.2 Å². The quantitative estimate of drug-likeness (QED) is 0.846. The molecule has 2 aliphatic rings. The summed E-state index contributed by atoms with van der Waals surface area (Å²) in [5.41, 5.74) is 4.21. The SMILES string of the molecule is CNC1=N[C@@]2(CCc3ccc(-c4cccnc4)cc32)CC(=O)N1. The molecule has 23 heavy (non-hydrogen) atoms. The summed E-state index contributed by atoms with van der Waals surface area (Å²) in [6.45, 7) is 0. The largest absolute Gasteiger partial charge is 0.359 e. The van der Waals surface area contributed by atoms with Crippen LogP contribution in [0.1, 0.15) is 24.0 Å². The number of aliphatic imine (C=N–C) groups is 1. The standard InChI is InChI=1S/C18H18N4O/c1-19-17-21-16(23)10-18(22-17)7-6-12-4-5-13(9-15(12)18)14-3-2-8-20-11-14/h2-5,8-9,11H,6-7,10H2,1H3,(H2,19,21,22,23)/t18-/m0/s1. The van der Waals surface area contributed by atoms with Gasteiger partial charge in [-0.2, -0.15) is 0 Å². The number of carbonyl (C=O) groups excluding carboxylic acids is 1. The lowest BCUT2D eigenvalue weighted by atomic mass is 9.86. The molecule has 0 fully saturated rings. The second-order valence-corrected chi connectivity index (χ2v) is 6.08. The number of amides is 1. The van der Waals surface area contributed by atoms with Gasteiger partial charge in [-0.1, -0.05) is 18.2 Å². The van der Waals surface area contributed by atoms with Gasteiger partial charge in [0.15, 0.2) is 5.96 Å². The van der Waals surface area contributed by atoms with Gasteiger partial charge in [0.05, 0.1) is 12.0 Å². The fourth-order valence-corrected chi connectivity index (χ4v) is 3.56. The maximum absolute atomic E-state index is 12.1. The van der Waals surface area contributed by atoms with Crippen LogP contribution >= 0.6 is 0 Å². The van der Waals surface area contributed by atoms with E-state index in [1.807, 2.05) is 18.3 Å². The molecule has 1 atom stereocenters. The normalized spacial score (nSPS) is 22.5. The lowest BCUT2D eigenvalue weighted by Crippen LogP contribution is -2.48. The zero-order valence-electron chi connectivity index (χ0n) is 13.0. The second kappa shape index (κ2) is 5.19. The number of carbonyl (C=O) groups is 1. The van der Waals surface area contributed by atoms with Crippen molar-refractivity contribution in [2.75, 3.05) is 7.05 Å². The van der Waals surface area contributed by atoms with Crippen molar-refractivity contribution >= 4 is 11.9 Å². The lowest BCUT2D eigenvalue weighted by molar-refractivity contribution is -0.121. The Morgan fingerprint density at radius 3 is 2.96 bits per heavy atom. The number of rotatable bonds is 1. The van der Waals surface area contributed by atoms with Gasteiger partial charge in [-0.15, -0.1) is 0 Å². The molecule has 5 nitrogen and oxygen atoms in total. The first-order chi connectivity index (χ1) is 11.2. The molecule has 2 aromatic rings. The van der Waals surface area contributed by atoms with Crippen molar-refractivity contribution < 1.29 is 4.79 Å². The highest BCUT2D eigenvalue weighted by atomic mass is 16.2. The minimum absolute atomic E-state index is 0.0176. The third kappa shape index (κ3) is 2.29. The fraction of sp³-hybridized carbons (Fsp3) is 0.278. The van der Waals surface area contributed by atoms with E-state index in [-0.39, 0.29) is 5.91 Å². The van der Waals surface area contributed by atoms with Crippen LogP contribution in [0.3, 0.4) is 0 Å². The number of guanidine groups is 1. The molecule has 1 spiro atoms. The molecule has 1 aliphatic heterocycles. The zero-order valence-corrected chi connectivity index (χ0v) is 13.0. The molecule has 2 N–H and O–H groups in total. The van der Waals surface area contributed by atoms with Crippen molar-refractivity contribution in [2.45, 2.75) is 24.8 Å². The average molecular weight is 306 g/mol. The average Bonchev–Trinajstić information content (AvgIpc) is 2.92. The zero-order chi connectivity index (χ0) is 15.9. The van der Waals surface area contributed by atoms with Crippen LogP contribution in [0.5, 0.6) is 0 Å². The van der Waals surface area contributed by atoms with E-state index >= 15 is 0 Å². The summed E-state index contributed by atoms with van der Waals surface area (Å²) in [7, 11) is 1.78. The molecule has 1 aromatic heterocycles. The molecule has 5 heteroatoms. The number of nitrogens with one attached hydrogen (secondary N) is 2. The van der Waals surface area contributed by atoms with Crippen molar-refractivity contribution in [3.05, 3.63) is 53.9 Å².